The Labute approximate surface area is 451 Å². The van der Waals surface area contributed by atoms with Crippen molar-refractivity contribution in [3.05, 3.63) is 166 Å². The van der Waals surface area contributed by atoms with E-state index in [9.17, 15) is 9.79 Å². The molecule has 400 valence electrons. The standard InChI is InChI=1S/C68H94O4P2/c1-61(2,3)47-29-37-57(53(41-47)65(13,14)15)71-74(59-39-31-49(63(7,8)9)43-55(59)67(19,20)21,60-40-32-50(64(10,11)12)44-56(60)68(22,23)24,72-58-38-30-48(62(4,5)6)42-54(58)66(16,17)18)52-35-27-46(28-36-52)45-25-33-51(34-26-45)73(69)70/h25-44,69-70H,1-24H3. The monoisotopic (exact) mass is 1040 g/mol. The van der Waals surface area contributed by atoms with Gasteiger partial charge in [-0.25, -0.2) is 0 Å². The van der Waals surface area contributed by atoms with Gasteiger partial charge in [-0.1, -0.05) is 0 Å². The molecule has 0 radical (unpaired) electrons. The molecule has 6 rings (SSSR count). The van der Waals surface area contributed by atoms with Crippen molar-refractivity contribution >= 4 is 36.7 Å². The second-order valence-electron chi connectivity index (χ2n) is 29.4. The van der Waals surface area contributed by atoms with Gasteiger partial charge in [-0.15, -0.1) is 0 Å². The average molecular weight is 1040 g/mol. The van der Waals surface area contributed by atoms with E-state index in [2.05, 4.69) is 263 Å². The van der Waals surface area contributed by atoms with E-state index in [4.69, 9.17) is 9.05 Å². The van der Waals surface area contributed by atoms with E-state index in [1.54, 1.807) is 0 Å². The van der Waals surface area contributed by atoms with Crippen molar-refractivity contribution < 1.29 is 18.8 Å². The molecule has 74 heavy (non-hydrogen) atoms. The van der Waals surface area contributed by atoms with Gasteiger partial charge in [-0.2, -0.15) is 0 Å². The SMILES string of the molecule is CC(C)(C)c1ccc(OP(Oc2ccc(C(C)(C)C)cc2C(C)(C)C)(c2ccc(-c3ccc(P(O)O)cc3)cc2)(c2ccc(C(C)(C)C)cc2C(C)(C)C)c2ccc(C(C)(C)C)cc2C(C)(C)C)c(C(C)(C)C)c1. The Kier molecular flexibility index (Phi) is 15.6. The first kappa shape index (κ1) is 59.0. The summed E-state index contributed by atoms with van der Waals surface area (Å²) in [4.78, 5) is 20.3. The van der Waals surface area contributed by atoms with Gasteiger partial charge < -0.3 is 0 Å². The summed E-state index contributed by atoms with van der Waals surface area (Å²) in [5.74, 6) is 1.57. The Morgan fingerprint density at radius 2 is 0.581 bits per heavy atom. The zero-order valence-corrected chi connectivity index (χ0v) is 51.9. The Bertz CT molecular complexity index is 2820. The summed E-state index contributed by atoms with van der Waals surface area (Å²) in [7, 11) is -7.29. The van der Waals surface area contributed by atoms with Crippen molar-refractivity contribution in [3.8, 4) is 22.6 Å². The van der Waals surface area contributed by atoms with Crippen LogP contribution in [0, 0.1) is 0 Å². The van der Waals surface area contributed by atoms with Crippen LogP contribution in [0.25, 0.3) is 11.1 Å². The topological polar surface area (TPSA) is 58.9 Å². The first-order valence-corrected chi connectivity index (χ1v) is 30.2. The van der Waals surface area contributed by atoms with Crippen molar-refractivity contribution in [2.24, 2.45) is 0 Å². The molecule has 6 aromatic rings. The average Bonchev–Trinajstić information content (AvgIpc) is 3.26. The van der Waals surface area contributed by atoms with Gasteiger partial charge in [0.05, 0.1) is 0 Å². The van der Waals surface area contributed by atoms with Crippen molar-refractivity contribution in [1.82, 2.24) is 0 Å². The zero-order chi connectivity index (χ0) is 55.8. The van der Waals surface area contributed by atoms with Crippen LogP contribution in [0.15, 0.2) is 121 Å². The summed E-state index contributed by atoms with van der Waals surface area (Å²) in [6, 6.07) is 44.7. The van der Waals surface area contributed by atoms with Crippen LogP contribution in [0.5, 0.6) is 11.5 Å². The molecular weight excluding hydrogens is 943 g/mol. The molecule has 4 nitrogen and oxygen atoms in total. The van der Waals surface area contributed by atoms with Crippen LogP contribution in [0.1, 0.15) is 211 Å². The molecule has 0 heterocycles. The van der Waals surface area contributed by atoms with Crippen LogP contribution in [-0.2, 0) is 43.3 Å². The van der Waals surface area contributed by atoms with Crippen LogP contribution in [0.3, 0.4) is 0 Å². The van der Waals surface area contributed by atoms with Crippen molar-refractivity contribution in [1.29, 1.82) is 0 Å². The van der Waals surface area contributed by atoms with Crippen LogP contribution in [0.4, 0.5) is 0 Å². The van der Waals surface area contributed by atoms with E-state index in [1.807, 2.05) is 24.3 Å². The summed E-state index contributed by atoms with van der Waals surface area (Å²) in [6.45, 7) is 55.4. The zero-order valence-electron chi connectivity index (χ0n) is 50.2. The number of rotatable bonds is 9. The van der Waals surface area contributed by atoms with Crippen molar-refractivity contribution in [3.63, 3.8) is 0 Å². The van der Waals surface area contributed by atoms with Gasteiger partial charge in [0.2, 0.25) is 0 Å². The molecule has 0 amide bonds. The maximum absolute atomic E-state index is 10.1. The molecule has 6 aromatic carbocycles. The molecule has 0 unspecified atom stereocenters. The molecule has 0 aliphatic rings. The van der Waals surface area contributed by atoms with Crippen LogP contribution < -0.4 is 30.3 Å². The van der Waals surface area contributed by atoms with E-state index in [-0.39, 0.29) is 32.5 Å². The van der Waals surface area contributed by atoms with Gasteiger partial charge >= 0.3 is 453 Å². The third-order valence-corrected chi connectivity index (χ3v) is 20.5. The molecule has 0 saturated carbocycles. The summed E-state index contributed by atoms with van der Waals surface area (Å²) in [6.07, 6.45) is 0. The van der Waals surface area contributed by atoms with Gasteiger partial charge in [-0.05, 0) is 0 Å². The molecule has 0 aliphatic carbocycles. The Morgan fingerprint density at radius 3 is 0.851 bits per heavy atom. The fourth-order valence-corrected chi connectivity index (χ4v) is 16.1. The molecule has 0 fully saturated rings. The summed E-state index contributed by atoms with van der Waals surface area (Å²) in [5, 5.41) is 3.50. The fraction of sp³-hybridized carbons (Fsp3) is 0.471. The maximum atomic E-state index is 10.1. The molecule has 2 N–H and O–H groups in total. The second-order valence-corrected chi connectivity index (χ2v) is 34.3. The van der Waals surface area contributed by atoms with Gasteiger partial charge in [0.15, 0.2) is 0 Å². The number of hydrogen-bond donors (Lipinski definition) is 2. The van der Waals surface area contributed by atoms with Crippen LogP contribution in [0.2, 0.25) is 0 Å². The molecule has 0 bridgehead atoms. The summed E-state index contributed by atoms with van der Waals surface area (Å²) >= 11 is 0. The predicted molar refractivity (Wildman–Crippen MR) is 325 cm³/mol. The van der Waals surface area contributed by atoms with E-state index in [1.165, 1.54) is 33.4 Å². The Morgan fingerprint density at radius 1 is 0.311 bits per heavy atom. The summed E-state index contributed by atoms with van der Waals surface area (Å²) in [5.41, 5.74) is 9.44. The third kappa shape index (κ3) is 11.8. The van der Waals surface area contributed by atoms with Crippen molar-refractivity contribution in [2.75, 3.05) is 0 Å². The number of benzene rings is 6. The minimum atomic E-state index is -5.07. The van der Waals surface area contributed by atoms with Crippen molar-refractivity contribution in [2.45, 2.75) is 209 Å². The summed E-state index contributed by atoms with van der Waals surface area (Å²) < 4.78 is 17.8. The van der Waals surface area contributed by atoms with Gasteiger partial charge in [0.1, 0.15) is 0 Å². The van der Waals surface area contributed by atoms with Crippen LogP contribution in [-0.4, -0.2) is 9.79 Å². The molecule has 0 aromatic heterocycles. The minimum absolute atomic E-state index is 0.119. The van der Waals surface area contributed by atoms with Crippen LogP contribution >= 0.6 is 15.4 Å². The molecule has 0 saturated heterocycles. The normalized spacial score (nSPS) is 14.2. The van der Waals surface area contributed by atoms with Gasteiger partial charge in [-0.3, -0.25) is 0 Å². The van der Waals surface area contributed by atoms with Gasteiger partial charge in [0.25, 0.3) is 0 Å². The molecule has 0 atom stereocenters. The Balaban J connectivity index is 2.06. The van der Waals surface area contributed by atoms with E-state index >= 15 is 0 Å². The molecule has 6 heteroatoms. The fourth-order valence-electron chi connectivity index (χ4n) is 10.1. The number of hydrogen-bond acceptors (Lipinski definition) is 4. The van der Waals surface area contributed by atoms with Gasteiger partial charge in [0, 0.05) is 0 Å². The predicted octanol–water partition coefficient (Wildman–Crippen LogP) is 17.5. The quantitative estimate of drug-likeness (QED) is 0.142. The molecule has 0 spiro atoms. The first-order valence-electron chi connectivity index (χ1n) is 26.9. The Hall–Kier alpha value is -4.30. The van der Waals surface area contributed by atoms with E-state index < -0.39 is 26.3 Å². The van der Waals surface area contributed by atoms with E-state index in [0.717, 1.165) is 49.7 Å². The molecule has 0 aliphatic heterocycles. The molecular formula is C68H94O4P2. The van der Waals surface area contributed by atoms with E-state index in [0.29, 0.717) is 5.30 Å². The second kappa shape index (κ2) is 19.6. The third-order valence-electron chi connectivity index (χ3n) is 14.8. The first-order chi connectivity index (χ1) is 33.5.